The molecule has 0 bridgehead atoms. The molecule has 1 unspecified atom stereocenters. The van der Waals surface area contributed by atoms with Crippen LogP contribution < -0.4 is 5.32 Å². The molecule has 3 aromatic carbocycles. The molecular formula is C23H17F3N2O2. The topological polar surface area (TPSA) is 49.4 Å². The Bertz CT molecular complexity index is 1120. The van der Waals surface area contributed by atoms with Gasteiger partial charge in [-0.2, -0.15) is 0 Å². The largest absolute Gasteiger partial charge is 0.327 e. The van der Waals surface area contributed by atoms with Crippen LogP contribution in [0.4, 0.5) is 18.9 Å². The number of nitrogens with zero attached hydrogens (tertiary/aromatic N) is 1. The van der Waals surface area contributed by atoms with Crippen LogP contribution in [0.25, 0.3) is 0 Å². The summed E-state index contributed by atoms with van der Waals surface area (Å²) in [6.45, 7) is 0.301. The van der Waals surface area contributed by atoms with E-state index in [1.807, 2.05) is 12.1 Å². The summed E-state index contributed by atoms with van der Waals surface area (Å²) in [4.78, 5) is 27.1. The highest BCUT2D eigenvalue weighted by molar-refractivity contribution is 5.99. The molecule has 4 rings (SSSR count). The Morgan fingerprint density at radius 3 is 2.37 bits per heavy atom. The van der Waals surface area contributed by atoms with E-state index in [9.17, 15) is 22.8 Å². The van der Waals surface area contributed by atoms with Crippen LogP contribution in [0, 0.1) is 17.5 Å². The molecule has 0 aromatic heterocycles. The van der Waals surface area contributed by atoms with Crippen molar-refractivity contribution in [3.8, 4) is 0 Å². The molecule has 3 aromatic rings. The van der Waals surface area contributed by atoms with Crippen molar-refractivity contribution in [3.05, 3.63) is 101 Å². The lowest BCUT2D eigenvalue weighted by Gasteiger charge is -2.28. The highest BCUT2D eigenvalue weighted by Crippen LogP contribution is 2.34. The molecule has 1 aliphatic rings. The smallest absolute Gasteiger partial charge is 0.255 e. The van der Waals surface area contributed by atoms with Crippen LogP contribution in [0.5, 0.6) is 0 Å². The van der Waals surface area contributed by atoms with Crippen molar-refractivity contribution in [1.82, 2.24) is 4.90 Å². The van der Waals surface area contributed by atoms with Crippen molar-refractivity contribution in [2.75, 3.05) is 5.32 Å². The zero-order chi connectivity index (χ0) is 21.3. The highest BCUT2D eigenvalue weighted by atomic mass is 19.1. The summed E-state index contributed by atoms with van der Waals surface area (Å²) in [7, 11) is 0. The Morgan fingerprint density at radius 2 is 1.67 bits per heavy atom. The molecule has 1 atom stereocenters. The van der Waals surface area contributed by atoms with Gasteiger partial charge in [0.15, 0.2) is 0 Å². The minimum Gasteiger partial charge on any atom is -0.327 e. The minimum absolute atomic E-state index is 0.157. The maximum atomic E-state index is 13.9. The molecule has 1 heterocycles. The van der Waals surface area contributed by atoms with Crippen molar-refractivity contribution in [1.29, 1.82) is 0 Å². The average Bonchev–Trinajstić information content (AvgIpc) is 3.06. The van der Waals surface area contributed by atoms with Crippen LogP contribution in [-0.4, -0.2) is 16.7 Å². The first-order chi connectivity index (χ1) is 14.4. The molecule has 0 fully saturated rings. The molecule has 0 radical (unpaired) electrons. The van der Waals surface area contributed by atoms with Gasteiger partial charge in [0.25, 0.3) is 5.91 Å². The van der Waals surface area contributed by atoms with Gasteiger partial charge in [0, 0.05) is 18.2 Å². The van der Waals surface area contributed by atoms with Crippen molar-refractivity contribution >= 4 is 17.5 Å². The normalized spacial score (nSPS) is 13.8. The van der Waals surface area contributed by atoms with E-state index in [4.69, 9.17) is 0 Å². The summed E-state index contributed by atoms with van der Waals surface area (Å²) in [6.07, 6.45) is -0.178. The van der Waals surface area contributed by atoms with Crippen LogP contribution in [0.3, 0.4) is 0 Å². The quantitative estimate of drug-likeness (QED) is 0.655. The molecule has 1 N–H and O–H groups in total. The number of anilines is 1. The molecular weight excluding hydrogens is 393 g/mol. The molecule has 0 saturated heterocycles. The fraction of sp³-hybridized carbons (Fsp3) is 0.130. The number of benzene rings is 3. The summed E-state index contributed by atoms with van der Waals surface area (Å²) < 4.78 is 40.4. The third-order valence-electron chi connectivity index (χ3n) is 5.06. The molecule has 0 saturated carbocycles. The molecule has 7 heteroatoms. The monoisotopic (exact) mass is 410 g/mol. The van der Waals surface area contributed by atoms with E-state index >= 15 is 0 Å². The fourth-order valence-corrected chi connectivity index (χ4v) is 3.59. The van der Waals surface area contributed by atoms with Crippen molar-refractivity contribution in [2.45, 2.75) is 19.0 Å². The summed E-state index contributed by atoms with van der Waals surface area (Å²) in [5.74, 6) is -2.88. The van der Waals surface area contributed by atoms with Gasteiger partial charge >= 0.3 is 0 Å². The number of fused-ring (bicyclic) bond motifs is 1. The summed E-state index contributed by atoms with van der Waals surface area (Å²) in [6, 6.07) is 14.8. The molecule has 0 aliphatic carbocycles. The predicted molar refractivity (Wildman–Crippen MR) is 105 cm³/mol. The Kier molecular flexibility index (Phi) is 5.27. The zero-order valence-electron chi connectivity index (χ0n) is 15.7. The van der Waals surface area contributed by atoms with Gasteiger partial charge in [-0.1, -0.05) is 30.3 Å². The van der Waals surface area contributed by atoms with Crippen LogP contribution >= 0.6 is 0 Å². The lowest BCUT2D eigenvalue weighted by Crippen LogP contribution is -2.32. The van der Waals surface area contributed by atoms with E-state index < -0.39 is 29.4 Å². The van der Waals surface area contributed by atoms with E-state index in [1.165, 1.54) is 24.3 Å². The first kappa shape index (κ1) is 19.7. The van der Waals surface area contributed by atoms with Crippen molar-refractivity contribution in [2.24, 2.45) is 0 Å². The molecule has 1 aliphatic heterocycles. The average molecular weight is 410 g/mol. The molecule has 4 nitrogen and oxygen atoms in total. The predicted octanol–water partition coefficient (Wildman–Crippen LogP) is 4.83. The molecule has 30 heavy (non-hydrogen) atoms. The van der Waals surface area contributed by atoms with Gasteiger partial charge in [0.1, 0.15) is 17.5 Å². The van der Waals surface area contributed by atoms with Gasteiger partial charge in [0.2, 0.25) is 5.91 Å². The zero-order valence-corrected chi connectivity index (χ0v) is 15.7. The molecule has 152 valence electrons. The first-order valence-corrected chi connectivity index (χ1v) is 9.31. The van der Waals surface area contributed by atoms with Crippen LogP contribution in [0.15, 0.2) is 66.7 Å². The Hall–Kier alpha value is -3.61. The number of hydrogen-bond donors (Lipinski definition) is 1. The van der Waals surface area contributed by atoms with Crippen LogP contribution in [-0.2, 0) is 11.3 Å². The fourth-order valence-electron chi connectivity index (χ4n) is 3.59. The number of hydrogen-bond acceptors (Lipinski definition) is 2. The highest BCUT2D eigenvalue weighted by Gasteiger charge is 2.34. The number of carbonyl (C=O) groups excluding carboxylic acids is 2. The molecule has 0 spiro atoms. The summed E-state index contributed by atoms with van der Waals surface area (Å²) in [5, 5.41) is 2.42. The van der Waals surface area contributed by atoms with E-state index in [0.29, 0.717) is 23.7 Å². The third-order valence-corrected chi connectivity index (χ3v) is 5.06. The Balaban J connectivity index is 1.61. The van der Waals surface area contributed by atoms with Gasteiger partial charge in [-0.25, -0.2) is 13.2 Å². The second-order valence-electron chi connectivity index (χ2n) is 7.03. The maximum absolute atomic E-state index is 13.9. The Labute approximate surface area is 170 Å². The minimum atomic E-state index is -0.897. The lowest BCUT2D eigenvalue weighted by atomic mass is 10.0. The summed E-state index contributed by atoms with van der Waals surface area (Å²) >= 11 is 0. The summed E-state index contributed by atoms with van der Waals surface area (Å²) in [5.41, 5.74) is 1.80. The van der Waals surface area contributed by atoms with Crippen molar-refractivity contribution in [3.63, 3.8) is 0 Å². The first-order valence-electron chi connectivity index (χ1n) is 9.31. The van der Waals surface area contributed by atoms with Gasteiger partial charge in [-0.15, -0.1) is 0 Å². The van der Waals surface area contributed by atoms with E-state index in [-0.39, 0.29) is 18.0 Å². The Morgan fingerprint density at radius 1 is 0.967 bits per heavy atom. The van der Waals surface area contributed by atoms with Crippen molar-refractivity contribution < 1.29 is 22.8 Å². The number of amides is 2. The van der Waals surface area contributed by atoms with Crippen LogP contribution in [0.1, 0.15) is 33.9 Å². The van der Waals surface area contributed by atoms with Gasteiger partial charge in [-0.05, 0) is 41.5 Å². The van der Waals surface area contributed by atoms with E-state index in [1.54, 1.807) is 17.0 Å². The van der Waals surface area contributed by atoms with Gasteiger partial charge in [0.05, 0.1) is 18.2 Å². The van der Waals surface area contributed by atoms with E-state index in [2.05, 4.69) is 5.32 Å². The van der Waals surface area contributed by atoms with E-state index in [0.717, 1.165) is 17.7 Å². The molecule has 2 amide bonds. The number of halogens is 3. The number of rotatable bonds is 5. The second-order valence-corrected chi connectivity index (χ2v) is 7.03. The van der Waals surface area contributed by atoms with Crippen LogP contribution in [0.2, 0.25) is 0 Å². The number of nitrogens with one attached hydrogen (secondary N) is 1. The van der Waals surface area contributed by atoms with Gasteiger partial charge in [-0.3, -0.25) is 9.59 Å². The SMILES string of the molecule is O=C(CC(c1ccc(F)cc1)N1Cc2ccccc2C1=O)Nc1ccc(F)cc1F. The van der Waals surface area contributed by atoms with Gasteiger partial charge < -0.3 is 10.2 Å². The second kappa shape index (κ2) is 8.02. The lowest BCUT2D eigenvalue weighted by molar-refractivity contribution is -0.117. The third kappa shape index (κ3) is 3.91. The maximum Gasteiger partial charge on any atom is 0.255 e. The number of carbonyl (C=O) groups is 2. The standard InChI is InChI=1S/C23H17F3N2O2/c24-16-7-5-14(6-8-16)21(28-13-15-3-1-2-4-18(15)23(28)30)12-22(29)27-20-10-9-17(25)11-19(20)26/h1-11,21H,12-13H2,(H,27,29).